The highest BCUT2D eigenvalue weighted by Gasteiger charge is 2.34. The lowest BCUT2D eigenvalue weighted by molar-refractivity contribution is -0.138. The predicted octanol–water partition coefficient (Wildman–Crippen LogP) is 5.38. The van der Waals surface area contributed by atoms with Gasteiger partial charge in [-0.15, -0.1) is 10.2 Å². The summed E-state index contributed by atoms with van der Waals surface area (Å²) in [5.74, 6) is 5.79. The summed E-state index contributed by atoms with van der Waals surface area (Å²) in [6.45, 7) is 10.8. The van der Waals surface area contributed by atoms with E-state index >= 15 is 0 Å². The molecule has 1 aliphatic heterocycles. The van der Waals surface area contributed by atoms with Crippen LogP contribution in [-0.4, -0.2) is 64.7 Å². The minimum absolute atomic E-state index is 0.0745. The van der Waals surface area contributed by atoms with Crippen LogP contribution in [0.15, 0.2) is 48.5 Å². The summed E-state index contributed by atoms with van der Waals surface area (Å²) in [5, 5.41) is 10.7. The Morgan fingerprint density at radius 2 is 1.71 bits per heavy atom. The lowest BCUT2D eigenvalue weighted by Gasteiger charge is -2.33. The Morgan fingerprint density at radius 1 is 0.976 bits per heavy atom. The first-order chi connectivity index (χ1) is 19.3. The average Bonchev–Trinajstić information content (AvgIpc) is 2.89. The van der Waals surface area contributed by atoms with E-state index in [0.29, 0.717) is 30.2 Å². The average molecular weight is 566 g/mol. The molecule has 2 aromatic carbocycles. The number of hydrogen-bond acceptors (Lipinski definition) is 6. The van der Waals surface area contributed by atoms with Crippen molar-refractivity contribution in [2.45, 2.75) is 46.0 Å². The second-order valence-corrected chi connectivity index (χ2v) is 11.2. The Labute approximate surface area is 238 Å². The zero-order valence-corrected chi connectivity index (χ0v) is 23.9. The zero-order valence-electron chi connectivity index (χ0n) is 23.9. The van der Waals surface area contributed by atoms with Crippen LogP contribution in [0.3, 0.4) is 0 Å². The smallest absolute Gasteiger partial charge is 0.416 e. The third kappa shape index (κ3) is 8.52. The summed E-state index contributed by atoms with van der Waals surface area (Å²) in [7, 11) is 2.00. The minimum Gasteiger partial charge on any atom is -0.471 e. The standard InChI is InChI=1S/C31H34F3N5O2/c1-21-6-7-23(18-22(21)8-10-25-12-13-28(37-36-25)41-30(2,3)4)29(40)35-26-11-9-24(27(19-26)31(32,33)34)20-39-16-14-38(5)15-17-39/h6-7,9,11-13,18-19H,14-17,20H2,1-5H3,(H,35,40). The fraction of sp³-hybridized carbons (Fsp3) is 0.387. The Kier molecular flexibility index (Phi) is 9.00. The topological polar surface area (TPSA) is 70.6 Å². The van der Waals surface area contributed by atoms with E-state index in [9.17, 15) is 18.0 Å². The van der Waals surface area contributed by atoms with Crippen molar-refractivity contribution >= 4 is 11.6 Å². The van der Waals surface area contributed by atoms with Crippen LogP contribution >= 0.6 is 0 Å². The number of halogens is 3. The van der Waals surface area contributed by atoms with Gasteiger partial charge in [0.1, 0.15) is 11.3 Å². The van der Waals surface area contributed by atoms with Crippen molar-refractivity contribution in [2.24, 2.45) is 0 Å². The van der Waals surface area contributed by atoms with Crippen LogP contribution < -0.4 is 10.1 Å². The lowest BCUT2D eigenvalue weighted by atomic mass is 10.0. The number of hydrogen-bond donors (Lipinski definition) is 1. The first-order valence-electron chi connectivity index (χ1n) is 13.3. The van der Waals surface area contributed by atoms with Gasteiger partial charge in [-0.05, 0) is 82.1 Å². The highest BCUT2D eigenvalue weighted by atomic mass is 19.4. The van der Waals surface area contributed by atoms with Gasteiger partial charge in [-0.25, -0.2) is 0 Å². The summed E-state index contributed by atoms with van der Waals surface area (Å²) < 4.78 is 47.5. The molecular weight excluding hydrogens is 531 g/mol. The predicted molar refractivity (Wildman–Crippen MR) is 152 cm³/mol. The van der Waals surface area contributed by atoms with Gasteiger partial charge in [0.05, 0.1) is 5.56 Å². The Balaban J connectivity index is 1.49. The number of aromatic nitrogens is 2. The third-order valence-corrected chi connectivity index (χ3v) is 6.54. The Morgan fingerprint density at radius 3 is 2.34 bits per heavy atom. The number of anilines is 1. The van der Waals surface area contributed by atoms with Crippen molar-refractivity contribution in [3.63, 3.8) is 0 Å². The van der Waals surface area contributed by atoms with Crippen LogP contribution in [-0.2, 0) is 12.7 Å². The van der Waals surface area contributed by atoms with E-state index in [1.165, 1.54) is 12.1 Å². The van der Waals surface area contributed by atoms with Gasteiger partial charge < -0.3 is 15.0 Å². The number of amides is 1. The van der Waals surface area contributed by atoms with E-state index in [1.54, 1.807) is 30.3 Å². The van der Waals surface area contributed by atoms with Crippen molar-refractivity contribution in [3.05, 3.63) is 82.0 Å². The van der Waals surface area contributed by atoms with Gasteiger partial charge in [0, 0.05) is 55.6 Å². The number of aryl methyl sites for hydroxylation is 1. The molecule has 1 fully saturated rings. The fourth-order valence-corrected chi connectivity index (χ4v) is 4.29. The molecule has 4 rings (SSSR count). The number of alkyl halides is 3. The number of piperazine rings is 1. The van der Waals surface area contributed by atoms with Crippen LogP contribution in [0.1, 0.15) is 59.1 Å². The number of rotatable bonds is 5. The number of benzene rings is 2. The van der Waals surface area contributed by atoms with E-state index in [1.807, 2.05) is 39.6 Å². The van der Waals surface area contributed by atoms with Crippen molar-refractivity contribution in [3.8, 4) is 17.7 Å². The molecule has 2 heterocycles. The monoisotopic (exact) mass is 565 g/mol. The normalized spacial score (nSPS) is 14.7. The van der Waals surface area contributed by atoms with Crippen molar-refractivity contribution in [1.29, 1.82) is 0 Å². The van der Waals surface area contributed by atoms with Crippen LogP contribution in [0.2, 0.25) is 0 Å². The minimum atomic E-state index is -4.55. The lowest BCUT2D eigenvalue weighted by Crippen LogP contribution is -2.44. The van der Waals surface area contributed by atoms with Gasteiger partial charge in [0.25, 0.3) is 5.91 Å². The molecule has 41 heavy (non-hydrogen) atoms. The number of likely N-dealkylation sites (N-methyl/N-ethyl adjacent to an activating group) is 1. The molecule has 0 unspecified atom stereocenters. The summed E-state index contributed by atoms with van der Waals surface area (Å²) in [6, 6.07) is 12.3. The SMILES string of the molecule is Cc1ccc(C(=O)Nc2ccc(CN3CCN(C)CC3)c(C(F)(F)F)c2)cc1C#Cc1ccc(OC(C)(C)C)nn1. The molecule has 1 aromatic heterocycles. The van der Waals surface area contributed by atoms with E-state index in [0.717, 1.165) is 24.7 Å². The first-order valence-corrected chi connectivity index (χ1v) is 13.3. The van der Waals surface area contributed by atoms with Crippen molar-refractivity contribution < 1.29 is 22.7 Å². The van der Waals surface area contributed by atoms with E-state index in [2.05, 4.69) is 32.3 Å². The number of nitrogens with zero attached hydrogens (tertiary/aromatic N) is 4. The van der Waals surface area contributed by atoms with Crippen LogP contribution in [0.5, 0.6) is 5.88 Å². The maximum Gasteiger partial charge on any atom is 0.416 e. The maximum atomic E-state index is 14.0. The highest BCUT2D eigenvalue weighted by Crippen LogP contribution is 2.34. The maximum absolute atomic E-state index is 14.0. The van der Waals surface area contributed by atoms with Gasteiger partial charge in [-0.3, -0.25) is 9.69 Å². The van der Waals surface area contributed by atoms with Gasteiger partial charge in [-0.2, -0.15) is 13.2 Å². The van der Waals surface area contributed by atoms with E-state index < -0.39 is 23.2 Å². The van der Waals surface area contributed by atoms with Crippen molar-refractivity contribution in [1.82, 2.24) is 20.0 Å². The van der Waals surface area contributed by atoms with Gasteiger partial charge in [0.15, 0.2) is 0 Å². The van der Waals surface area contributed by atoms with Crippen LogP contribution in [0.25, 0.3) is 0 Å². The van der Waals surface area contributed by atoms with Crippen LogP contribution in [0.4, 0.5) is 18.9 Å². The molecule has 7 nitrogen and oxygen atoms in total. The largest absolute Gasteiger partial charge is 0.471 e. The molecule has 1 amide bonds. The second kappa shape index (κ2) is 12.3. The molecule has 0 aliphatic carbocycles. The van der Waals surface area contributed by atoms with Gasteiger partial charge >= 0.3 is 6.18 Å². The van der Waals surface area contributed by atoms with Gasteiger partial charge in [0.2, 0.25) is 5.88 Å². The molecule has 0 atom stereocenters. The number of carbonyl (C=O) groups excluding carboxylic acids is 1. The second-order valence-electron chi connectivity index (χ2n) is 11.2. The third-order valence-electron chi connectivity index (χ3n) is 6.54. The number of nitrogens with one attached hydrogen (secondary N) is 1. The summed E-state index contributed by atoms with van der Waals surface area (Å²) in [6.07, 6.45) is -4.55. The quantitative estimate of drug-likeness (QED) is 0.419. The molecule has 0 saturated carbocycles. The number of carbonyl (C=O) groups is 1. The summed E-state index contributed by atoms with van der Waals surface area (Å²) in [4.78, 5) is 17.2. The molecule has 216 valence electrons. The fourth-order valence-electron chi connectivity index (χ4n) is 4.29. The van der Waals surface area contributed by atoms with Crippen LogP contribution in [0, 0.1) is 18.8 Å². The molecule has 1 saturated heterocycles. The molecular formula is C31H34F3N5O2. The van der Waals surface area contributed by atoms with Crippen molar-refractivity contribution in [2.75, 3.05) is 38.5 Å². The molecule has 3 aromatic rings. The first kappa shape index (κ1) is 30.0. The summed E-state index contributed by atoms with van der Waals surface area (Å²) in [5.41, 5.74) is 1.24. The Hall–Kier alpha value is -3.94. The molecule has 10 heteroatoms. The molecule has 0 spiro atoms. The Bertz CT molecular complexity index is 1450. The zero-order chi connectivity index (χ0) is 29.8. The summed E-state index contributed by atoms with van der Waals surface area (Å²) >= 11 is 0. The molecule has 0 bridgehead atoms. The number of ether oxygens (including phenoxy) is 1. The molecule has 1 aliphatic rings. The molecule has 0 radical (unpaired) electrons. The highest BCUT2D eigenvalue weighted by molar-refractivity contribution is 6.04. The molecule has 1 N–H and O–H groups in total. The van der Waals surface area contributed by atoms with Gasteiger partial charge in [-0.1, -0.05) is 18.1 Å². The van der Waals surface area contributed by atoms with E-state index in [-0.39, 0.29) is 23.4 Å². The van der Waals surface area contributed by atoms with E-state index in [4.69, 9.17) is 4.74 Å².